The molecule has 0 bridgehead atoms. The molecule has 4 aromatic rings. The first-order valence-corrected chi connectivity index (χ1v) is 12.7. The highest BCUT2D eigenvalue weighted by molar-refractivity contribution is 7.99. The Balaban J connectivity index is 1.50. The molecule has 0 aliphatic carbocycles. The third-order valence-electron chi connectivity index (χ3n) is 5.87. The fourth-order valence-corrected chi connectivity index (χ4v) is 4.92. The van der Waals surface area contributed by atoms with Crippen molar-refractivity contribution in [3.8, 4) is 11.4 Å². The Hall–Kier alpha value is -4.58. The summed E-state index contributed by atoms with van der Waals surface area (Å²) in [6, 6.07) is 15.2. The molecule has 0 spiro atoms. The lowest BCUT2D eigenvalue weighted by Gasteiger charge is -2.29. The number of benzene rings is 2. The van der Waals surface area contributed by atoms with Crippen LogP contribution in [0.4, 0.5) is 4.79 Å². The summed E-state index contributed by atoms with van der Waals surface area (Å²) in [6.07, 6.45) is 1.47. The number of nitrogens with zero attached hydrogens (tertiary/aromatic N) is 3. The maximum atomic E-state index is 13.0. The summed E-state index contributed by atoms with van der Waals surface area (Å²) in [4.78, 5) is 45.7. The number of hydrogen-bond acceptors (Lipinski definition) is 8. The maximum Gasteiger partial charge on any atom is 0.338 e. The van der Waals surface area contributed by atoms with E-state index in [1.165, 1.54) is 18.0 Å². The van der Waals surface area contributed by atoms with Crippen molar-refractivity contribution < 1.29 is 19.1 Å². The van der Waals surface area contributed by atoms with E-state index >= 15 is 0 Å². The lowest BCUT2D eigenvalue weighted by atomic mass is 9.95. The summed E-state index contributed by atoms with van der Waals surface area (Å²) in [5.41, 5.74) is 2.12. The second kappa shape index (κ2) is 10.8. The summed E-state index contributed by atoms with van der Waals surface area (Å²) in [5, 5.41) is 10.5. The molecule has 1 atom stereocenters. The van der Waals surface area contributed by atoms with Gasteiger partial charge in [0.25, 0.3) is 5.56 Å². The van der Waals surface area contributed by atoms with E-state index in [1.807, 2.05) is 30.3 Å². The first-order chi connectivity index (χ1) is 18.5. The van der Waals surface area contributed by atoms with Crippen LogP contribution in [0.25, 0.3) is 16.7 Å². The third kappa shape index (κ3) is 4.98. The minimum atomic E-state index is -0.738. The number of hydrogen-bond donors (Lipinski definition) is 3. The van der Waals surface area contributed by atoms with Crippen molar-refractivity contribution in [2.75, 3.05) is 19.5 Å². The number of ether oxygens (including phenoxy) is 2. The number of carbonyl (C=O) groups excluding carboxylic acids is 2. The molecule has 2 aromatic heterocycles. The molecular weight excluding hydrogens is 508 g/mol. The van der Waals surface area contributed by atoms with Crippen molar-refractivity contribution in [3.05, 3.63) is 88.0 Å². The number of para-hydroxylation sites is 1. The third-order valence-corrected chi connectivity index (χ3v) is 6.77. The number of amides is 2. The highest BCUT2D eigenvalue weighted by Gasteiger charge is 2.33. The van der Waals surface area contributed by atoms with Crippen LogP contribution >= 0.6 is 11.8 Å². The number of urea groups is 1. The monoisotopic (exact) mass is 532 g/mol. The first-order valence-electron chi connectivity index (χ1n) is 11.8. The van der Waals surface area contributed by atoms with E-state index in [1.54, 1.807) is 43.0 Å². The number of fused-ring (bicyclic) bond motifs is 1. The molecule has 38 heavy (non-hydrogen) atoms. The Bertz CT molecular complexity index is 1580. The Kier molecular flexibility index (Phi) is 7.13. The number of H-pyrrole nitrogens is 1. The predicted molar refractivity (Wildman–Crippen MR) is 141 cm³/mol. The van der Waals surface area contributed by atoms with Gasteiger partial charge in [0, 0.05) is 11.4 Å². The summed E-state index contributed by atoms with van der Waals surface area (Å²) in [7, 11) is 1.56. The van der Waals surface area contributed by atoms with Crippen molar-refractivity contribution in [1.82, 2.24) is 30.4 Å². The molecule has 1 aliphatic rings. The number of thioether (sulfide) groups is 1. The van der Waals surface area contributed by atoms with Gasteiger partial charge in [0.1, 0.15) is 11.1 Å². The SMILES string of the molecule is CCOC(=O)C1=C(CSc2nc3c(cnn3-c3ccccc3)c(=O)[nH]2)NC(=O)N[C@@H]1c1ccc(OC)cc1. The van der Waals surface area contributed by atoms with Gasteiger partial charge in [0.15, 0.2) is 10.8 Å². The van der Waals surface area contributed by atoms with Crippen molar-refractivity contribution in [1.29, 1.82) is 0 Å². The number of aromatic amines is 1. The van der Waals surface area contributed by atoms with E-state index in [4.69, 9.17) is 9.47 Å². The molecule has 0 saturated carbocycles. The average Bonchev–Trinajstić information content (AvgIpc) is 3.37. The van der Waals surface area contributed by atoms with E-state index < -0.39 is 18.0 Å². The summed E-state index contributed by atoms with van der Waals surface area (Å²) in [5.74, 6) is 0.226. The second-order valence-corrected chi connectivity index (χ2v) is 9.17. The van der Waals surface area contributed by atoms with E-state index in [9.17, 15) is 14.4 Å². The van der Waals surface area contributed by atoms with E-state index in [-0.39, 0.29) is 23.5 Å². The van der Waals surface area contributed by atoms with Gasteiger partial charge in [0.2, 0.25) is 0 Å². The lowest BCUT2D eigenvalue weighted by Crippen LogP contribution is -2.46. The maximum absolute atomic E-state index is 13.0. The fourth-order valence-electron chi connectivity index (χ4n) is 4.09. The number of methoxy groups -OCH3 is 1. The second-order valence-electron chi connectivity index (χ2n) is 8.21. The Morgan fingerprint density at radius 2 is 1.87 bits per heavy atom. The molecule has 11 nitrogen and oxygen atoms in total. The highest BCUT2D eigenvalue weighted by Crippen LogP contribution is 2.31. The molecule has 0 fully saturated rings. The van der Waals surface area contributed by atoms with Crippen LogP contribution in [0.3, 0.4) is 0 Å². The van der Waals surface area contributed by atoms with E-state index in [0.29, 0.717) is 33.2 Å². The van der Waals surface area contributed by atoms with Crippen LogP contribution in [0, 0.1) is 0 Å². The average molecular weight is 533 g/mol. The molecule has 1 aliphatic heterocycles. The van der Waals surface area contributed by atoms with Crippen molar-refractivity contribution >= 4 is 34.8 Å². The quantitative estimate of drug-likeness (QED) is 0.179. The van der Waals surface area contributed by atoms with Gasteiger partial charge in [-0.1, -0.05) is 42.1 Å². The molecule has 3 N–H and O–H groups in total. The van der Waals surface area contributed by atoms with Gasteiger partial charge in [-0.3, -0.25) is 4.79 Å². The molecule has 194 valence electrons. The molecule has 2 amide bonds. The number of aromatic nitrogens is 4. The standard InChI is InChI=1S/C26H24N6O5S/c1-3-37-24(34)20-19(28-25(35)29-21(20)15-9-11-17(36-2)12-10-15)14-38-26-30-22-18(23(33)31-26)13-27-32(22)16-7-5-4-6-8-16/h4-13,21H,3,14H2,1-2H3,(H2,28,29,35)(H,30,31,33)/t21-/m1/s1. The molecule has 3 heterocycles. The Morgan fingerprint density at radius 1 is 1.11 bits per heavy atom. The number of rotatable bonds is 8. The molecule has 2 aromatic carbocycles. The van der Waals surface area contributed by atoms with Crippen LogP contribution in [0.1, 0.15) is 18.5 Å². The molecule has 0 radical (unpaired) electrons. The van der Waals surface area contributed by atoms with Crippen LogP contribution in [-0.2, 0) is 9.53 Å². The zero-order chi connectivity index (χ0) is 26.6. The van der Waals surface area contributed by atoms with Gasteiger partial charge in [-0.15, -0.1) is 0 Å². The smallest absolute Gasteiger partial charge is 0.338 e. The van der Waals surface area contributed by atoms with Gasteiger partial charge >= 0.3 is 12.0 Å². The van der Waals surface area contributed by atoms with E-state index in [0.717, 1.165) is 5.69 Å². The molecule has 5 rings (SSSR count). The summed E-state index contributed by atoms with van der Waals surface area (Å²) >= 11 is 1.17. The number of carbonyl (C=O) groups is 2. The van der Waals surface area contributed by atoms with Crippen molar-refractivity contribution in [2.24, 2.45) is 0 Å². The normalized spacial score (nSPS) is 15.2. The molecule has 0 unspecified atom stereocenters. The van der Waals surface area contributed by atoms with Crippen LogP contribution in [-0.4, -0.2) is 51.2 Å². The van der Waals surface area contributed by atoms with Crippen LogP contribution < -0.4 is 20.9 Å². The zero-order valence-corrected chi connectivity index (χ0v) is 21.4. The predicted octanol–water partition coefficient (Wildman–Crippen LogP) is 3.08. The van der Waals surface area contributed by atoms with Gasteiger partial charge < -0.3 is 25.1 Å². The van der Waals surface area contributed by atoms with Crippen LogP contribution in [0.15, 0.2) is 82.0 Å². The number of esters is 1. The Labute approximate surface area is 221 Å². The van der Waals surface area contributed by atoms with E-state index in [2.05, 4.69) is 25.7 Å². The van der Waals surface area contributed by atoms with Gasteiger partial charge in [-0.25, -0.2) is 19.3 Å². The highest BCUT2D eigenvalue weighted by atomic mass is 32.2. The van der Waals surface area contributed by atoms with Crippen molar-refractivity contribution in [2.45, 2.75) is 18.1 Å². The zero-order valence-electron chi connectivity index (χ0n) is 20.6. The van der Waals surface area contributed by atoms with Crippen LogP contribution in [0.5, 0.6) is 5.75 Å². The largest absolute Gasteiger partial charge is 0.497 e. The molecule has 12 heteroatoms. The van der Waals surface area contributed by atoms with Gasteiger partial charge in [-0.05, 0) is 36.8 Å². The minimum absolute atomic E-state index is 0.141. The minimum Gasteiger partial charge on any atom is -0.497 e. The summed E-state index contributed by atoms with van der Waals surface area (Å²) in [6.45, 7) is 1.88. The topological polar surface area (TPSA) is 140 Å². The van der Waals surface area contributed by atoms with Crippen LogP contribution in [0.2, 0.25) is 0 Å². The Morgan fingerprint density at radius 3 is 2.58 bits per heavy atom. The van der Waals surface area contributed by atoms with Gasteiger partial charge in [-0.2, -0.15) is 5.10 Å². The lowest BCUT2D eigenvalue weighted by molar-refractivity contribution is -0.139. The first kappa shape index (κ1) is 25.1. The van der Waals surface area contributed by atoms with Gasteiger partial charge in [0.05, 0.1) is 37.2 Å². The molecular formula is C26H24N6O5S. The molecule has 0 saturated heterocycles. The summed E-state index contributed by atoms with van der Waals surface area (Å²) < 4.78 is 12.1. The number of nitrogens with one attached hydrogen (secondary N) is 3. The fraction of sp³-hybridized carbons (Fsp3) is 0.192. The van der Waals surface area contributed by atoms with Crippen molar-refractivity contribution in [3.63, 3.8) is 0 Å².